The molecule has 3 heteroatoms. The molecule has 1 aliphatic rings. The van der Waals surface area contributed by atoms with Crippen LogP contribution in [0.5, 0.6) is 0 Å². The van der Waals surface area contributed by atoms with Crippen molar-refractivity contribution in [2.75, 3.05) is 19.6 Å². The molecule has 0 saturated carbocycles. The van der Waals surface area contributed by atoms with Crippen LogP contribution in [0.25, 0.3) is 11.0 Å². The van der Waals surface area contributed by atoms with Gasteiger partial charge in [0, 0.05) is 5.92 Å². The van der Waals surface area contributed by atoms with Crippen molar-refractivity contribution in [3.05, 3.63) is 37.0 Å². The molecular formula is C16H22N3. The quantitative estimate of drug-likeness (QED) is 0.909. The Hall–Kier alpha value is -1.35. The summed E-state index contributed by atoms with van der Waals surface area (Å²) in [6.45, 7) is 7.51. The fourth-order valence-corrected chi connectivity index (χ4v) is 2.93. The van der Waals surface area contributed by atoms with Crippen molar-refractivity contribution in [3.8, 4) is 0 Å². The number of benzene rings is 1. The van der Waals surface area contributed by atoms with Crippen molar-refractivity contribution in [3.63, 3.8) is 0 Å². The van der Waals surface area contributed by atoms with E-state index in [0.717, 1.165) is 17.5 Å². The van der Waals surface area contributed by atoms with E-state index in [1.54, 1.807) is 0 Å². The first-order chi connectivity index (χ1) is 9.36. The molecule has 1 saturated heterocycles. The van der Waals surface area contributed by atoms with E-state index in [-0.39, 0.29) is 0 Å². The summed E-state index contributed by atoms with van der Waals surface area (Å²) in [6.07, 6.45) is 4.70. The normalized spacial score (nSPS) is 18.2. The number of unbranched alkanes of at least 4 members (excludes halogenated alkanes) is 1. The molecule has 2 heterocycles. The van der Waals surface area contributed by atoms with Crippen molar-refractivity contribution in [1.82, 2.24) is 14.9 Å². The molecule has 0 unspecified atom stereocenters. The van der Waals surface area contributed by atoms with Crippen molar-refractivity contribution in [2.45, 2.75) is 31.6 Å². The highest BCUT2D eigenvalue weighted by Gasteiger charge is 2.22. The van der Waals surface area contributed by atoms with Crippen LogP contribution in [-0.2, 0) is 0 Å². The Kier molecular flexibility index (Phi) is 3.83. The molecule has 1 aliphatic heterocycles. The first-order valence-electron chi connectivity index (χ1n) is 7.33. The van der Waals surface area contributed by atoms with Crippen LogP contribution < -0.4 is 0 Å². The number of rotatable bonds is 4. The number of hydrogen-bond donors (Lipinski definition) is 1. The fourth-order valence-electron chi connectivity index (χ4n) is 2.93. The van der Waals surface area contributed by atoms with E-state index < -0.39 is 0 Å². The van der Waals surface area contributed by atoms with Crippen LogP contribution in [0.4, 0.5) is 0 Å². The number of para-hydroxylation sites is 2. The Balaban J connectivity index is 1.64. The summed E-state index contributed by atoms with van der Waals surface area (Å²) in [5.41, 5.74) is 2.26. The van der Waals surface area contributed by atoms with E-state index in [1.165, 1.54) is 44.7 Å². The Morgan fingerprint density at radius 2 is 2.05 bits per heavy atom. The number of aromatic nitrogens is 2. The van der Waals surface area contributed by atoms with Gasteiger partial charge in [-0.3, -0.25) is 0 Å². The highest BCUT2D eigenvalue weighted by Crippen LogP contribution is 2.27. The molecule has 101 valence electrons. The monoisotopic (exact) mass is 256 g/mol. The lowest BCUT2D eigenvalue weighted by Gasteiger charge is -2.30. The van der Waals surface area contributed by atoms with Gasteiger partial charge >= 0.3 is 0 Å². The van der Waals surface area contributed by atoms with Gasteiger partial charge in [0.2, 0.25) is 0 Å². The molecule has 1 N–H and O–H groups in total. The molecule has 0 amide bonds. The maximum Gasteiger partial charge on any atom is 0.110 e. The average Bonchev–Trinajstić information content (AvgIpc) is 2.89. The van der Waals surface area contributed by atoms with Gasteiger partial charge in [-0.2, -0.15) is 0 Å². The third kappa shape index (κ3) is 2.81. The Labute approximate surface area is 115 Å². The van der Waals surface area contributed by atoms with Gasteiger partial charge in [0.05, 0.1) is 11.0 Å². The molecule has 1 aromatic carbocycles. The average molecular weight is 256 g/mol. The summed E-state index contributed by atoms with van der Waals surface area (Å²) in [7, 11) is 0. The van der Waals surface area contributed by atoms with E-state index in [0.29, 0.717) is 5.92 Å². The topological polar surface area (TPSA) is 31.9 Å². The number of H-pyrrole nitrogens is 1. The van der Waals surface area contributed by atoms with Gasteiger partial charge in [-0.25, -0.2) is 4.98 Å². The maximum atomic E-state index is 4.74. The number of fused-ring (bicyclic) bond motifs is 1. The van der Waals surface area contributed by atoms with Gasteiger partial charge in [0.25, 0.3) is 0 Å². The predicted molar refractivity (Wildman–Crippen MR) is 79.1 cm³/mol. The molecule has 19 heavy (non-hydrogen) atoms. The first-order valence-corrected chi connectivity index (χ1v) is 7.33. The molecule has 1 fully saturated rings. The minimum Gasteiger partial charge on any atom is -0.342 e. The predicted octanol–water partition coefficient (Wildman–Crippen LogP) is 3.36. The SMILES string of the molecule is [CH2]CCCN1CCC(c2nc3ccccc3[nH]2)CC1. The van der Waals surface area contributed by atoms with Crippen molar-refractivity contribution >= 4 is 11.0 Å². The summed E-state index contributed by atoms with van der Waals surface area (Å²) in [5.74, 6) is 1.78. The van der Waals surface area contributed by atoms with Gasteiger partial charge < -0.3 is 9.88 Å². The lowest BCUT2D eigenvalue weighted by molar-refractivity contribution is 0.208. The molecule has 0 aliphatic carbocycles. The fraction of sp³-hybridized carbons (Fsp3) is 0.500. The summed E-state index contributed by atoms with van der Waals surface area (Å²) >= 11 is 0. The number of nitrogens with one attached hydrogen (secondary N) is 1. The van der Waals surface area contributed by atoms with E-state index >= 15 is 0 Å². The lowest BCUT2D eigenvalue weighted by Crippen LogP contribution is -2.33. The molecule has 3 nitrogen and oxygen atoms in total. The van der Waals surface area contributed by atoms with Gasteiger partial charge in [-0.1, -0.05) is 25.5 Å². The zero-order valence-corrected chi connectivity index (χ0v) is 11.4. The van der Waals surface area contributed by atoms with Crippen LogP contribution in [0.2, 0.25) is 0 Å². The number of nitrogens with zero attached hydrogens (tertiary/aromatic N) is 2. The number of likely N-dealkylation sites (tertiary alicyclic amines) is 1. The minimum absolute atomic E-state index is 0.600. The molecule has 3 rings (SSSR count). The van der Waals surface area contributed by atoms with Crippen LogP contribution in [0.1, 0.15) is 37.4 Å². The van der Waals surface area contributed by atoms with Crippen LogP contribution in [-0.4, -0.2) is 34.5 Å². The second-order valence-corrected chi connectivity index (χ2v) is 5.46. The van der Waals surface area contributed by atoms with Crippen molar-refractivity contribution in [2.24, 2.45) is 0 Å². The Morgan fingerprint density at radius 3 is 2.79 bits per heavy atom. The zero-order valence-electron chi connectivity index (χ0n) is 11.4. The van der Waals surface area contributed by atoms with Gasteiger partial charge in [0.15, 0.2) is 0 Å². The maximum absolute atomic E-state index is 4.74. The highest BCUT2D eigenvalue weighted by atomic mass is 15.1. The summed E-state index contributed by atoms with van der Waals surface area (Å²) in [4.78, 5) is 10.8. The molecule has 1 radical (unpaired) electrons. The van der Waals surface area contributed by atoms with Crippen molar-refractivity contribution < 1.29 is 0 Å². The molecule has 2 aromatic rings. The van der Waals surface area contributed by atoms with E-state index in [2.05, 4.69) is 35.0 Å². The first kappa shape index (κ1) is 12.7. The second-order valence-electron chi connectivity index (χ2n) is 5.46. The molecule has 1 aromatic heterocycles. The molecule has 0 spiro atoms. The van der Waals surface area contributed by atoms with Gasteiger partial charge in [-0.05, 0) is 51.0 Å². The number of hydrogen-bond acceptors (Lipinski definition) is 2. The van der Waals surface area contributed by atoms with Crippen LogP contribution in [0.3, 0.4) is 0 Å². The largest absolute Gasteiger partial charge is 0.342 e. The highest BCUT2D eigenvalue weighted by molar-refractivity contribution is 5.74. The molecule has 0 atom stereocenters. The van der Waals surface area contributed by atoms with Crippen molar-refractivity contribution in [1.29, 1.82) is 0 Å². The zero-order chi connectivity index (χ0) is 13.1. The second kappa shape index (κ2) is 5.74. The van der Waals surface area contributed by atoms with Crippen LogP contribution in [0.15, 0.2) is 24.3 Å². The lowest BCUT2D eigenvalue weighted by atomic mass is 9.96. The summed E-state index contributed by atoms with van der Waals surface area (Å²) in [5, 5.41) is 0. The third-order valence-corrected chi connectivity index (χ3v) is 4.11. The Bertz CT molecular complexity index is 491. The number of aromatic amines is 1. The third-order valence-electron chi connectivity index (χ3n) is 4.11. The van der Waals surface area contributed by atoms with E-state index in [9.17, 15) is 0 Å². The van der Waals surface area contributed by atoms with E-state index in [1.807, 2.05) is 6.07 Å². The van der Waals surface area contributed by atoms with Crippen LogP contribution >= 0.6 is 0 Å². The minimum atomic E-state index is 0.600. The van der Waals surface area contributed by atoms with Gasteiger partial charge in [-0.15, -0.1) is 0 Å². The summed E-state index contributed by atoms with van der Waals surface area (Å²) < 4.78 is 0. The standard InChI is InChI=1S/C16H22N3/c1-2-3-10-19-11-8-13(9-12-19)16-17-14-6-4-5-7-15(14)18-16/h4-7,13H,1-3,8-12H2,(H,17,18). The summed E-state index contributed by atoms with van der Waals surface area (Å²) in [6, 6.07) is 8.30. The number of imidazole rings is 1. The van der Waals surface area contributed by atoms with Gasteiger partial charge in [0.1, 0.15) is 5.82 Å². The molecule has 0 bridgehead atoms. The van der Waals surface area contributed by atoms with Crippen LogP contribution in [0, 0.1) is 6.92 Å². The van der Waals surface area contributed by atoms with E-state index in [4.69, 9.17) is 4.98 Å². The number of piperidine rings is 1. The molecular weight excluding hydrogens is 234 g/mol. The Morgan fingerprint density at radius 1 is 1.26 bits per heavy atom. The smallest absolute Gasteiger partial charge is 0.110 e.